The van der Waals surface area contributed by atoms with Crippen LogP contribution >= 0.6 is 35.4 Å². The minimum Gasteiger partial charge on any atom is -0.350 e. The van der Waals surface area contributed by atoms with Crippen LogP contribution in [0.1, 0.15) is 34.6 Å². The van der Waals surface area contributed by atoms with Gasteiger partial charge >= 0.3 is 0 Å². The van der Waals surface area contributed by atoms with Gasteiger partial charge in [-0.3, -0.25) is 14.9 Å². The van der Waals surface area contributed by atoms with Crippen LogP contribution in [0.3, 0.4) is 0 Å². The fourth-order valence-electron chi connectivity index (χ4n) is 2.11. The van der Waals surface area contributed by atoms with Crippen molar-refractivity contribution in [2.24, 2.45) is 0 Å². The molecule has 0 radical (unpaired) electrons. The first-order valence-electron chi connectivity index (χ1n) is 7.74. The first-order valence-corrected chi connectivity index (χ1v) is 8.90. The van der Waals surface area contributed by atoms with Crippen molar-refractivity contribution in [1.29, 1.82) is 0 Å². The summed E-state index contributed by atoms with van der Waals surface area (Å²) in [5.74, 6) is -0.632. The smallest absolute Gasteiger partial charge is 0.257 e. The number of carbonyl (C=O) groups is 2. The van der Waals surface area contributed by atoms with Crippen LogP contribution < -0.4 is 16.0 Å². The van der Waals surface area contributed by atoms with E-state index < -0.39 is 5.91 Å². The molecule has 0 spiro atoms. The van der Waals surface area contributed by atoms with E-state index in [0.29, 0.717) is 21.3 Å². The minimum atomic E-state index is -0.444. The predicted octanol–water partition coefficient (Wildman–Crippen LogP) is 4.26. The van der Waals surface area contributed by atoms with Gasteiger partial charge in [-0.05, 0) is 62.5 Å². The summed E-state index contributed by atoms with van der Waals surface area (Å²) >= 11 is 16.9. The van der Waals surface area contributed by atoms with Crippen molar-refractivity contribution in [2.45, 2.75) is 19.9 Å². The molecule has 2 aromatic carbocycles. The number of hydrogen-bond acceptors (Lipinski definition) is 3. The third kappa shape index (κ3) is 5.98. The summed E-state index contributed by atoms with van der Waals surface area (Å²) in [6, 6.07) is 11.3. The first kappa shape index (κ1) is 20.2. The van der Waals surface area contributed by atoms with Crippen LogP contribution in [0, 0.1) is 0 Å². The van der Waals surface area contributed by atoms with Crippen LogP contribution in [0.5, 0.6) is 0 Å². The average molecular weight is 410 g/mol. The summed E-state index contributed by atoms with van der Waals surface area (Å²) in [6.45, 7) is 3.76. The van der Waals surface area contributed by atoms with Gasteiger partial charge in [0.1, 0.15) is 0 Å². The van der Waals surface area contributed by atoms with Gasteiger partial charge in [-0.1, -0.05) is 29.3 Å². The lowest BCUT2D eigenvalue weighted by atomic mass is 10.2. The van der Waals surface area contributed by atoms with Crippen molar-refractivity contribution in [2.75, 3.05) is 5.32 Å². The lowest BCUT2D eigenvalue weighted by Crippen LogP contribution is -2.34. The highest BCUT2D eigenvalue weighted by atomic mass is 35.5. The van der Waals surface area contributed by atoms with Crippen LogP contribution in [0.15, 0.2) is 42.5 Å². The van der Waals surface area contributed by atoms with E-state index >= 15 is 0 Å². The molecule has 0 saturated heterocycles. The normalized spacial score (nSPS) is 10.3. The van der Waals surface area contributed by atoms with Crippen LogP contribution in [0.25, 0.3) is 0 Å². The van der Waals surface area contributed by atoms with Crippen LogP contribution in [0.2, 0.25) is 10.0 Å². The SMILES string of the molecule is CC(C)NC(=O)c1cccc(NC(=S)NC(=O)c2cc(Cl)cc(Cl)c2)c1. The molecule has 2 amide bonds. The van der Waals surface area contributed by atoms with E-state index in [-0.39, 0.29) is 22.6 Å². The maximum atomic E-state index is 12.2. The van der Waals surface area contributed by atoms with Gasteiger partial charge in [-0.15, -0.1) is 0 Å². The Morgan fingerprint density at radius 3 is 2.23 bits per heavy atom. The molecule has 0 aliphatic carbocycles. The van der Waals surface area contributed by atoms with E-state index in [1.807, 2.05) is 13.8 Å². The Bertz CT molecular complexity index is 836. The molecule has 0 aromatic heterocycles. The molecule has 0 fully saturated rings. The molecular formula is C18H17Cl2N3O2S. The second-order valence-electron chi connectivity index (χ2n) is 5.78. The summed E-state index contributed by atoms with van der Waals surface area (Å²) in [7, 11) is 0. The molecule has 136 valence electrons. The largest absolute Gasteiger partial charge is 0.350 e. The molecule has 2 aromatic rings. The Balaban J connectivity index is 2.03. The molecule has 0 aliphatic rings. The summed E-state index contributed by atoms with van der Waals surface area (Å²) in [5.41, 5.74) is 1.35. The third-order valence-corrected chi connectivity index (χ3v) is 3.79. The maximum absolute atomic E-state index is 12.2. The van der Waals surface area contributed by atoms with Crippen molar-refractivity contribution < 1.29 is 9.59 Å². The Morgan fingerprint density at radius 1 is 0.962 bits per heavy atom. The maximum Gasteiger partial charge on any atom is 0.257 e. The molecule has 0 atom stereocenters. The molecule has 0 aliphatic heterocycles. The topological polar surface area (TPSA) is 70.2 Å². The number of hydrogen-bond donors (Lipinski definition) is 3. The van der Waals surface area contributed by atoms with E-state index in [1.54, 1.807) is 24.3 Å². The Kier molecular flexibility index (Phi) is 6.97. The highest BCUT2D eigenvalue weighted by molar-refractivity contribution is 7.80. The molecule has 8 heteroatoms. The van der Waals surface area contributed by atoms with E-state index in [2.05, 4.69) is 16.0 Å². The number of benzene rings is 2. The number of nitrogens with one attached hydrogen (secondary N) is 3. The van der Waals surface area contributed by atoms with Crippen molar-refractivity contribution in [3.05, 3.63) is 63.6 Å². The number of carbonyl (C=O) groups excluding carboxylic acids is 2. The fraction of sp³-hybridized carbons (Fsp3) is 0.167. The Morgan fingerprint density at radius 2 is 1.62 bits per heavy atom. The Hall–Kier alpha value is -2.15. The number of halogens is 2. The van der Waals surface area contributed by atoms with Crippen LogP contribution in [-0.4, -0.2) is 23.0 Å². The molecule has 0 unspecified atom stereocenters. The van der Waals surface area contributed by atoms with Gasteiger partial charge in [-0.2, -0.15) is 0 Å². The van der Waals surface area contributed by atoms with Gasteiger partial charge in [-0.25, -0.2) is 0 Å². The molecule has 5 nitrogen and oxygen atoms in total. The molecule has 0 saturated carbocycles. The monoisotopic (exact) mass is 409 g/mol. The van der Waals surface area contributed by atoms with Crippen molar-refractivity contribution in [3.8, 4) is 0 Å². The molecule has 0 heterocycles. The summed E-state index contributed by atoms with van der Waals surface area (Å²) in [4.78, 5) is 24.3. The van der Waals surface area contributed by atoms with Crippen LogP contribution in [-0.2, 0) is 0 Å². The lowest BCUT2D eigenvalue weighted by Gasteiger charge is -2.12. The highest BCUT2D eigenvalue weighted by Gasteiger charge is 2.11. The minimum absolute atomic E-state index is 0.0315. The van der Waals surface area contributed by atoms with Gasteiger partial charge < -0.3 is 10.6 Å². The highest BCUT2D eigenvalue weighted by Crippen LogP contribution is 2.19. The number of rotatable bonds is 4. The van der Waals surface area contributed by atoms with Gasteiger partial charge in [0.15, 0.2) is 5.11 Å². The predicted molar refractivity (Wildman–Crippen MR) is 109 cm³/mol. The number of thiocarbonyl (C=S) groups is 1. The fourth-order valence-corrected chi connectivity index (χ4v) is 2.84. The quantitative estimate of drug-likeness (QED) is 0.659. The summed E-state index contributed by atoms with van der Waals surface area (Å²) in [5, 5.41) is 9.02. The number of amides is 2. The van der Waals surface area contributed by atoms with Crippen LogP contribution in [0.4, 0.5) is 5.69 Å². The molecule has 0 bridgehead atoms. The Labute approximate surface area is 167 Å². The zero-order chi connectivity index (χ0) is 19.3. The molecular weight excluding hydrogens is 393 g/mol. The van der Waals surface area contributed by atoms with E-state index in [9.17, 15) is 9.59 Å². The average Bonchev–Trinajstić information content (AvgIpc) is 2.53. The second-order valence-corrected chi connectivity index (χ2v) is 7.06. The van der Waals surface area contributed by atoms with Gasteiger partial charge in [0.05, 0.1) is 0 Å². The van der Waals surface area contributed by atoms with Gasteiger partial charge in [0, 0.05) is 32.9 Å². The molecule has 26 heavy (non-hydrogen) atoms. The van der Waals surface area contributed by atoms with E-state index in [1.165, 1.54) is 18.2 Å². The van der Waals surface area contributed by atoms with Crippen molar-refractivity contribution >= 4 is 58.0 Å². The van der Waals surface area contributed by atoms with E-state index in [4.69, 9.17) is 35.4 Å². The summed E-state index contributed by atoms with van der Waals surface area (Å²) in [6.07, 6.45) is 0. The van der Waals surface area contributed by atoms with E-state index in [0.717, 1.165) is 0 Å². The van der Waals surface area contributed by atoms with Gasteiger partial charge in [0.2, 0.25) is 0 Å². The lowest BCUT2D eigenvalue weighted by molar-refractivity contribution is 0.0941. The molecule has 3 N–H and O–H groups in total. The second kappa shape index (κ2) is 8.98. The van der Waals surface area contributed by atoms with Crippen molar-refractivity contribution in [3.63, 3.8) is 0 Å². The first-order chi connectivity index (χ1) is 12.2. The standard InChI is InChI=1S/C18H17Cl2N3O2S/c1-10(2)21-16(24)11-4-3-5-15(8-11)22-18(26)23-17(25)12-6-13(19)9-14(20)7-12/h3-10H,1-2H3,(H,21,24)(H2,22,23,25,26). The van der Waals surface area contributed by atoms with Crippen molar-refractivity contribution in [1.82, 2.24) is 10.6 Å². The zero-order valence-electron chi connectivity index (χ0n) is 14.1. The number of anilines is 1. The zero-order valence-corrected chi connectivity index (χ0v) is 16.4. The summed E-state index contributed by atoms with van der Waals surface area (Å²) < 4.78 is 0. The third-order valence-electron chi connectivity index (χ3n) is 3.15. The van der Waals surface area contributed by atoms with Gasteiger partial charge in [0.25, 0.3) is 11.8 Å². The molecule has 2 rings (SSSR count).